The van der Waals surface area contributed by atoms with Gasteiger partial charge in [0.25, 0.3) is 0 Å². The lowest BCUT2D eigenvalue weighted by Gasteiger charge is -2.47. The summed E-state index contributed by atoms with van der Waals surface area (Å²) >= 11 is 6.12. The molecule has 6 heteroatoms. The summed E-state index contributed by atoms with van der Waals surface area (Å²) in [4.78, 5) is 17.6. The first-order chi connectivity index (χ1) is 15.0. The van der Waals surface area contributed by atoms with Gasteiger partial charge >= 0.3 is 6.03 Å². The van der Waals surface area contributed by atoms with Crippen molar-refractivity contribution in [1.29, 1.82) is 5.26 Å². The SMILES string of the molecule is Cc1cccc(C2N(c3ccc(Cl)cc3)C(=O)N(c3ccc(C#N)cc3)C23COC3)c1. The van der Waals surface area contributed by atoms with Gasteiger partial charge in [-0.05, 0) is 61.0 Å². The first kappa shape index (κ1) is 19.6. The van der Waals surface area contributed by atoms with Crippen molar-refractivity contribution in [2.24, 2.45) is 0 Å². The molecule has 154 valence electrons. The molecule has 2 heterocycles. The topological polar surface area (TPSA) is 56.6 Å². The smallest absolute Gasteiger partial charge is 0.330 e. The van der Waals surface area contributed by atoms with E-state index < -0.39 is 5.54 Å². The largest absolute Gasteiger partial charge is 0.376 e. The van der Waals surface area contributed by atoms with Crippen molar-refractivity contribution in [3.8, 4) is 6.07 Å². The number of aryl methyl sites for hydroxylation is 1. The van der Waals surface area contributed by atoms with Crippen molar-refractivity contribution in [2.75, 3.05) is 23.0 Å². The molecule has 2 aliphatic rings. The minimum absolute atomic E-state index is 0.123. The van der Waals surface area contributed by atoms with E-state index >= 15 is 0 Å². The average Bonchev–Trinajstić information content (AvgIpc) is 3.04. The second kappa shape index (κ2) is 7.42. The zero-order valence-electron chi connectivity index (χ0n) is 17.0. The summed E-state index contributed by atoms with van der Waals surface area (Å²) in [5.41, 5.74) is 3.73. The first-order valence-corrected chi connectivity index (χ1v) is 10.4. The molecule has 0 aliphatic carbocycles. The molecule has 2 fully saturated rings. The zero-order valence-corrected chi connectivity index (χ0v) is 17.7. The molecular weight excluding hydrogens is 410 g/mol. The lowest BCUT2D eigenvalue weighted by atomic mass is 9.82. The Hall–Kier alpha value is -3.33. The van der Waals surface area contributed by atoms with Crippen LogP contribution >= 0.6 is 11.6 Å². The van der Waals surface area contributed by atoms with Crippen LogP contribution in [0.3, 0.4) is 0 Å². The number of anilines is 2. The minimum atomic E-state index is -0.543. The van der Waals surface area contributed by atoms with Crippen LogP contribution in [0.15, 0.2) is 72.8 Å². The molecule has 3 aromatic carbocycles. The summed E-state index contributed by atoms with van der Waals surface area (Å²) in [6.07, 6.45) is 0. The summed E-state index contributed by atoms with van der Waals surface area (Å²) in [5.74, 6) is 0. The van der Waals surface area contributed by atoms with E-state index in [2.05, 4.69) is 31.2 Å². The second-order valence-electron chi connectivity index (χ2n) is 8.04. The van der Waals surface area contributed by atoms with Gasteiger partial charge in [-0.25, -0.2) is 4.79 Å². The molecule has 2 aliphatic heterocycles. The molecule has 3 aromatic rings. The Kier molecular flexibility index (Phi) is 4.70. The molecule has 0 saturated carbocycles. The Morgan fingerprint density at radius 2 is 1.71 bits per heavy atom. The third-order valence-electron chi connectivity index (χ3n) is 6.03. The summed E-state index contributed by atoms with van der Waals surface area (Å²) < 4.78 is 5.70. The Bertz CT molecular complexity index is 1180. The van der Waals surface area contributed by atoms with Crippen LogP contribution in [0.1, 0.15) is 22.7 Å². The van der Waals surface area contributed by atoms with Gasteiger partial charge in [0.15, 0.2) is 0 Å². The van der Waals surface area contributed by atoms with Gasteiger partial charge in [-0.1, -0.05) is 41.4 Å². The van der Waals surface area contributed by atoms with Gasteiger partial charge in [0, 0.05) is 16.4 Å². The maximum absolute atomic E-state index is 13.9. The lowest BCUT2D eigenvalue weighted by molar-refractivity contribution is -0.0580. The van der Waals surface area contributed by atoms with Crippen molar-refractivity contribution >= 4 is 29.0 Å². The van der Waals surface area contributed by atoms with Crippen molar-refractivity contribution in [3.63, 3.8) is 0 Å². The molecular formula is C25H20ClN3O2. The monoisotopic (exact) mass is 429 g/mol. The molecule has 31 heavy (non-hydrogen) atoms. The third kappa shape index (κ3) is 3.07. The Morgan fingerprint density at radius 1 is 1.03 bits per heavy atom. The Labute approximate surface area is 186 Å². The number of halogens is 1. The van der Waals surface area contributed by atoms with E-state index in [1.807, 2.05) is 40.1 Å². The average molecular weight is 430 g/mol. The quantitative estimate of drug-likeness (QED) is 0.554. The number of carbonyl (C=O) groups is 1. The summed E-state index contributed by atoms with van der Waals surface area (Å²) in [6.45, 7) is 2.91. The van der Waals surface area contributed by atoms with E-state index in [9.17, 15) is 4.79 Å². The fourth-order valence-electron chi connectivity index (χ4n) is 4.58. The van der Waals surface area contributed by atoms with Gasteiger partial charge < -0.3 is 4.74 Å². The number of nitriles is 1. The standard InChI is InChI=1S/C25H20ClN3O2/c1-17-3-2-4-19(13-17)23-25(15-31-16-25)29(22-9-5-18(14-27)6-10-22)24(30)28(23)21-11-7-20(26)8-12-21/h2-13,23H,15-16H2,1H3. The number of amides is 2. The molecule has 5 nitrogen and oxygen atoms in total. The van der Waals surface area contributed by atoms with Crippen molar-refractivity contribution in [3.05, 3.63) is 94.5 Å². The van der Waals surface area contributed by atoms with E-state index in [4.69, 9.17) is 21.6 Å². The highest BCUT2D eigenvalue weighted by Gasteiger charge is 2.62. The van der Waals surface area contributed by atoms with Gasteiger partial charge in [-0.3, -0.25) is 9.80 Å². The van der Waals surface area contributed by atoms with Gasteiger partial charge in [0.2, 0.25) is 0 Å². The molecule has 0 radical (unpaired) electrons. The maximum Gasteiger partial charge on any atom is 0.330 e. The van der Waals surface area contributed by atoms with E-state index in [0.29, 0.717) is 23.8 Å². The molecule has 1 atom stereocenters. The van der Waals surface area contributed by atoms with E-state index in [1.165, 1.54) is 0 Å². The lowest BCUT2D eigenvalue weighted by Crippen LogP contribution is -2.62. The second-order valence-corrected chi connectivity index (χ2v) is 8.47. The van der Waals surface area contributed by atoms with Crippen LogP contribution in [0.2, 0.25) is 5.02 Å². The van der Waals surface area contributed by atoms with Crippen molar-refractivity contribution in [2.45, 2.75) is 18.5 Å². The fourth-order valence-corrected chi connectivity index (χ4v) is 4.71. The van der Waals surface area contributed by atoms with Crippen LogP contribution in [0, 0.1) is 18.3 Å². The van der Waals surface area contributed by atoms with Gasteiger partial charge in [0.05, 0.1) is 30.9 Å². The molecule has 1 unspecified atom stereocenters. The molecule has 2 amide bonds. The number of rotatable bonds is 3. The number of nitrogens with zero attached hydrogens (tertiary/aromatic N) is 3. The molecule has 0 aromatic heterocycles. The first-order valence-electron chi connectivity index (χ1n) is 10.1. The maximum atomic E-state index is 13.9. The van der Waals surface area contributed by atoms with Crippen LogP contribution in [-0.2, 0) is 4.74 Å². The highest BCUT2D eigenvalue weighted by molar-refractivity contribution is 6.30. The normalized spacial score (nSPS) is 19.4. The number of urea groups is 1. The number of benzene rings is 3. The number of hydrogen-bond donors (Lipinski definition) is 0. The predicted octanol–water partition coefficient (Wildman–Crippen LogP) is 5.48. The highest BCUT2D eigenvalue weighted by Crippen LogP contribution is 2.51. The zero-order chi connectivity index (χ0) is 21.6. The summed E-state index contributed by atoms with van der Waals surface area (Å²) in [6, 6.07) is 24.5. The van der Waals surface area contributed by atoms with Crippen molar-refractivity contribution < 1.29 is 9.53 Å². The Balaban J connectivity index is 1.69. The molecule has 0 N–H and O–H groups in total. The number of hydrogen-bond acceptors (Lipinski definition) is 3. The van der Waals surface area contributed by atoms with E-state index in [0.717, 1.165) is 22.5 Å². The minimum Gasteiger partial charge on any atom is -0.376 e. The van der Waals surface area contributed by atoms with Crippen molar-refractivity contribution in [1.82, 2.24) is 0 Å². The van der Waals surface area contributed by atoms with Gasteiger partial charge in [-0.15, -0.1) is 0 Å². The fraction of sp³-hybridized carbons (Fsp3) is 0.200. The predicted molar refractivity (Wildman–Crippen MR) is 120 cm³/mol. The van der Waals surface area contributed by atoms with Gasteiger partial charge in [-0.2, -0.15) is 5.26 Å². The van der Waals surface area contributed by atoms with E-state index in [-0.39, 0.29) is 12.1 Å². The Morgan fingerprint density at radius 3 is 2.29 bits per heavy atom. The highest BCUT2D eigenvalue weighted by atomic mass is 35.5. The van der Waals surface area contributed by atoms with Gasteiger partial charge in [0.1, 0.15) is 5.54 Å². The van der Waals surface area contributed by atoms with E-state index in [1.54, 1.807) is 24.3 Å². The van der Waals surface area contributed by atoms with Crippen LogP contribution < -0.4 is 9.80 Å². The third-order valence-corrected chi connectivity index (χ3v) is 6.28. The van der Waals surface area contributed by atoms with Crippen LogP contribution in [-0.4, -0.2) is 24.8 Å². The van der Waals surface area contributed by atoms with Crippen LogP contribution in [0.4, 0.5) is 16.2 Å². The molecule has 2 saturated heterocycles. The molecule has 5 rings (SSSR count). The summed E-state index contributed by atoms with van der Waals surface area (Å²) in [5, 5.41) is 9.78. The van der Waals surface area contributed by atoms with Crippen LogP contribution in [0.25, 0.3) is 0 Å². The summed E-state index contributed by atoms with van der Waals surface area (Å²) in [7, 11) is 0. The number of carbonyl (C=O) groups excluding carboxylic acids is 1. The number of ether oxygens (including phenoxy) is 1. The molecule has 0 bridgehead atoms. The molecule has 1 spiro atoms. The van der Waals surface area contributed by atoms with Crippen LogP contribution in [0.5, 0.6) is 0 Å².